The molecule has 0 unspecified atom stereocenters. The number of carboxylic acids is 1. The Morgan fingerprint density at radius 2 is 2.17 bits per heavy atom. The predicted octanol–water partition coefficient (Wildman–Crippen LogP) is 2.32. The van der Waals surface area contributed by atoms with E-state index in [0.29, 0.717) is 17.3 Å². The van der Waals surface area contributed by atoms with Crippen LogP contribution in [0.15, 0.2) is 6.20 Å². The third-order valence-corrected chi connectivity index (χ3v) is 6.42. The van der Waals surface area contributed by atoms with Crippen molar-refractivity contribution >= 4 is 23.2 Å². The summed E-state index contributed by atoms with van der Waals surface area (Å²) in [6, 6.07) is -0.678. The zero-order valence-electron chi connectivity index (χ0n) is 12.8. The highest BCUT2D eigenvalue weighted by Gasteiger charge is 2.49. The molecule has 3 heterocycles. The average Bonchev–Trinajstić information content (AvgIpc) is 3.26. The van der Waals surface area contributed by atoms with Gasteiger partial charge >= 0.3 is 5.97 Å². The van der Waals surface area contributed by atoms with Crippen molar-refractivity contribution < 1.29 is 19.4 Å². The second-order valence-corrected chi connectivity index (χ2v) is 7.72. The van der Waals surface area contributed by atoms with Crippen molar-refractivity contribution in [2.75, 3.05) is 13.2 Å². The van der Waals surface area contributed by atoms with Gasteiger partial charge in [-0.15, -0.1) is 11.3 Å². The van der Waals surface area contributed by atoms with E-state index in [4.69, 9.17) is 4.74 Å². The van der Waals surface area contributed by atoms with Gasteiger partial charge in [0.05, 0.1) is 6.20 Å². The number of carboxylic acid groups (broad SMARTS) is 1. The molecular weight excluding hydrogens is 316 g/mol. The van der Waals surface area contributed by atoms with Crippen molar-refractivity contribution in [1.29, 1.82) is 0 Å². The molecule has 0 radical (unpaired) electrons. The van der Waals surface area contributed by atoms with Crippen LogP contribution in [0.5, 0.6) is 0 Å². The standard InChI is InChI=1S/C16H20N2O4S/c19-15(12-7-17-14(23-12)11-5-2-6-22-11)18-8-9-3-1-4-10(9)13(18)16(20)21/h7,9-11,13H,1-6,8H2,(H,20,21)/t9-,10-,11-,13+/m1/s1. The van der Waals surface area contributed by atoms with Crippen LogP contribution in [0.2, 0.25) is 0 Å². The van der Waals surface area contributed by atoms with Crippen LogP contribution in [0.3, 0.4) is 0 Å². The summed E-state index contributed by atoms with van der Waals surface area (Å²) in [7, 11) is 0. The van der Waals surface area contributed by atoms with Gasteiger partial charge in [0, 0.05) is 13.2 Å². The lowest BCUT2D eigenvalue weighted by Gasteiger charge is -2.23. The monoisotopic (exact) mass is 336 g/mol. The molecule has 4 atom stereocenters. The molecule has 3 aliphatic rings. The number of ether oxygens (including phenoxy) is 1. The number of likely N-dealkylation sites (tertiary alicyclic amines) is 1. The maximum atomic E-state index is 12.8. The van der Waals surface area contributed by atoms with E-state index >= 15 is 0 Å². The lowest BCUT2D eigenvalue weighted by molar-refractivity contribution is -0.142. The van der Waals surface area contributed by atoms with Gasteiger partial charge in [-0.3, -0.25) is 4.79 Å². The molecule has 2 saturated heterocycles. The average molecular weight is 336 g/mol. The third kappa shape index (κ3) is 2.55. The topological polar surface area (TPSA) is 79.7 Å². The zero-order valence-corrected chi connectivity index (χ0v) is 13.6. The molecule has 7 heteroatoms. The fourth-order valence-electron chi connectivity index (χ4n) is 4.28. The first-order valence-electron chi connectivity index (χ1n) is 8.26. The number of carbonyl (C=O) groups excluding carboxylic acids is 1. The van der Waals surface area contributed by atoms with Crippen molar-refractivity contribution in [1.82, 2.24) is 9.88 Å². The first-order chi connectivity index (χ1) is 11.1. The van der Waals surface area contributed by atoms with Gasteiger partial charge in [0.25, 0.3) is 5.91 Å². The highest BCUT2D eigenvalue weighted by atomic mass is 32.1. The van der Waals surface area contributed by atoms with Crippen LogP contribution < -0.4 is 0 Å². The molecule has 0 aromatic carbocycles. The number of nitrogens with zero attached hydrogens (tertiary/aromatic N) is 2. The Morgan fingerprint density at radius 3 is 2.91 bits per heavy atom. The number of carbonyl (C=O) groups is 2. The van der Waals surface area contributed by atoms with Crippen LogP contribution in [0.1, 0.15) is 52.9 Å². The number of rotatable bonds is 3. The van der Waals surface area contributed by atoms with E-state index in [9.17, 15) is 14.7 Å². The molecule has 1 aliphatic carbocycles. The largest absolute Gasteiger partial charge is 0.480 e. The van der Waals surface area contributed by atoms with Gasteiger partial charge in [0.2, 0.25) is 0 Å². The van der Waals surface area contributed by atoms with Crippen molar-refractivity contribution in [3.63, 3.8) is 0 Å². The van der Waals surface area contributed by atoms with Gasteiger partial charge < -0.3 is 14.7 Å². The Balaban J connectivity index is 1.55. The maximum Gasteiger partial charge on any atom is 0.326 e. The number of hydrogen-bond acceptors (Lipinski definition) is 5. The first-order valence-corrected chi connectivity index (χ1v) is 9.08. The van der Waals surface area contributed by atoms with Crippen LogP contribution in [0, 0.1) is 11.8 Å². The van der Waals surface area contributed by atoms with E-state index in [-0.39, 0.29) is 17.9 Å². The minimum absolute atomic E-state index is 0.00483. The fraction of sp³-hybridized carbons (Fsp3) is 0.688. The number of aliphatic carboxylic acids is 1. The van der Waals surface area contributed by atoms with Crippen LogP contribution >= 0.6 is 11.3 Å². The molecule has 4 rings (SSSR count). The molecule has 1 N–H and O–H groups in total. The summed E-state index contributed by atoms with van der Waals surface area (Å²) in [6.07, 6.45) is 6.55. The van der Waals surface area contributed by atoms with Gasteiger partial charge in [-0.2, -0.15) is 0 Å². The molecule has 3 fully saturated rings. The van der Waals surface area contributed by atoms with Crippen LogP contribution in [0.25, 0.3) is 0 Å². The van der Waals surface area contributed by atoms with E-state index in [1.54, 1.807) is 11.1 Å². The maximum absolute atomic E-state index is 12.8. The highest BCUT2D eigenvalue weighted by molar-refractivity contribution is 7.13. The zero-order chi connectivity index (χ0) is 16.0. The fourth-order valence-corrected chi connectivity index (χ4v) is 5.24. The Hall–Kier alpha value is -1.47. The number of amides is 1. The summed E-state index contributed by atoms with van der Waals surface area (Å²) in [4.78, 5) is 30.9. The summed E-state index contributed by atoms with van der Waals surface area (Å²) < 4.78 is 5.61. The molecular formula is C16H20N2O4S. The van der Waals surface area contributed by atoms with Gasteiger partial charge in [-0.25, -0.2) is 9.78 Å². The lowest BCUT2D eigenvalue weighted by Crippen LogP contribution is -2.43. The Bertz CT molecular complexity index is 625. The second kappa shape index (κ2) is 5.87. The summed E-state index contributed by atoms with van der Waals surface area (Å²) >= 11 is 1.35. The SMILES string of the molecule is O=C(O)[C@@H]1[C@@H]2CCC[C@@H]2CN1C(=O)c1cnc([C@H]2CCCO2)s1. The smallest absolute Gasteiger partial charge is 0.326 e. The lowest BCUT2D eigenvalue weighted by atomic mass is 9.94. The van der Waals surface area contributed by atoms with Gasteiger partial charge in [0.1, 0.15) is 22.0 Å². The molecule has 0 spiro atoms. The van der Waals surface area contributed by atoms with Crippen molar-refractivity contribution in [2.45, 2.75) is 44.2 Å². The molecule has 2 aliphatic heterocycles. The summed E-state index contributed by atoms with van der Waals surface area (Å²) in [6.45, 7) is 1.30. The third-order valence-electron chi connectivity index (χ3n) is 5.34. The number of hydrogen-bond donors (Lipinski definition) is 1. The van der Waals surface area contributed by atoms with Crippen molar-refractivity contribution in [2.24, 2.45) is 11.8 Å². The van der Waals surface area contributed by atoms with Gasteiger partial charge in [-0.1, -0.05) is 6.42 Å². The molecule has 6 nitrogen and oxygen atoms in total. The van der Waals surface area contributed by atoms with Crippen LogP contribution in [-0.4, -0.2) is 46.1 Å². The number of aromatic nitrogens is 1. The first kappa shape index (κ1) is 15.1. The summed E-state index contributed by atoms with van der Waals surface area (Å²) in [5.74, 6) is -0.613. The second-order valence-electron chi connectivity index (χ2n) is 6.66. The van der Waals surface area contributed by atoms with E-state index in [0.717, 1.165) is 43.7 Å². The quantitative estimate of drug-likeness (QED) is 0.916. The van der Waals surface area contributed by atoms with Crippen molar-refractivity contribution in [3.05, 3.63) is 16.1 Å². The van der Waals surface area contributed by atoms with Crippen molar-refractivity contribution in [3.8, 4) is 0 Å². The summed E-state index contributed by atoms with van der Waals surface area (Å²) in [5, 5.41) is 10.4. The van der Waals surface area contributed by atoms with E-state index < -0.39 is 12.0 Å². The van der Waals surface area contributed by atoms with E-state index in [1.165, 1.54) is 11.3 Å². The highest BCUT2D eigenvalue weighted by Crippen LogP contribution is 2.43. The minimum Gasteiger partial charge on any atom is -0.480 e. The van der Waals surface area contributed by atoms with Crippen LogP contribution in [0.4, 0.5) is 0 Å². The Kier molecular flexibility index (Phi) is 3.85. The molecule has 23 heavy (non-hydrogen) atoms. The number of thiazole rings is 1. The molecule has 124 valence electrons. The molecule has 1 aromatic rings. The Labute approximate surface area is 138 Å². The van der Waals surface area contributed by atoms with Crippen LogP contribution in [-0.2, 0) is 9.53 Å². The van der Waals surface area contributed by atoms with Gasteiger partial charge in [0.15, 0.2) is 0 Å². The van der Waals surface area contributed by atoms with Gasteiger partial charge in [-0.05, 0) is 37.5 Å². The molecule has 1 saturated carbocycles. The normalized spacial score (nSPS) is 33.1. The molecule has 1 aromatic heterocycles. The van der Waals surface area contributed by atoms with E-state index in [2.05, 4.69) is 4.98 Å². The summed E-state index contributed by atoms with van der Waals surface area (Å²) in [5.41, 5.74) is 0. The predicted molar refractivity (Wildman–Crippen MR) is 83.3 cm³/mol. The van der Waals surface area contributed by atoms with E-state index in [1.807, 2.05) is 0 Å². The minimum atomic E-state index is -0.878. The number of fused-ring (bicyclic) bond motifs is 1. The Morgan fingerprint density at radius 1 is 1.30 bits per heavy atom. The molecule has 0 bridgehead atoms. The molecule has 1 amide bonds.